The number of nitrogens with zero attached hydrogens (tertiary/aromatic N) is 3. The van der Waals surface area contributed by atoms with Crippen LogP contribution in [0.3, 0.4) is 0 Å². The van der Waals surface area contributed by atoms with Crippen LogP contribution >= 0.6 is 11.6 Å². The fourth-order valence-electron chi connectivity index (χ4n) is 0.986. The molecule has 0 fully saturated rings. The van der Waals surface area contributed by atoms with E-state index in [1.54, 1.807) is 0 Å². The molecular formula is C6H2ClN3O3. The summed E-state index contributed by atoms with van der Waals surface area (Å²) in [5.74, 6) is 0. The Balaban J connectivity index is 2.88. The van der Waals surface area contributed by atoms with Gasteiger partial charge in [0.1, 0.15) is 5.02 Å². The summed E-state index contributed by atoms with van der Waals surface area (Å²) in [5, 5.41) is 17.2. The molecule has 0 aliphatic heterocycles. The van der Waals surface area contributed by atoms with Crippen LogP contribution in [-0.4, -0.2) is 15.3 Å². The van der Waals surface area contributed by atoms with Gasteiger partial charge in [0, 0.05) is 5.27 Å². The first kappa shape index (κ1) is 7.93. The van der Waals surface area contributed by atoms with Gasteiger partial charge >= 0.3 is 5.69 Å². The Morgan fingerprint density at radius 3 is 3.00 bits per heavy atom. The van der Waals surface area contributed by atoms with E-state index in [-0.39, 0.29) is 21.8 Å². The maximum atomic E-state index is 10.5. The topological polar surface area (TPSA) is 82.1 Å². The summed E-state index contributed by atoms with van der Waals surface area (Å²) in [6, 6.07) is 2.85. The number of fused-ring (bicyclic) bond motifs is 1. The van der Waals surface area contributed by atoms with Gasteiger partial charge in [-0.05, 0) is 12.1 Å². The molecule has 0 atom stereocenters. The van der Waals surface area contributed by atoms with E-state index in [0.717, 1.165) is 0 Å². The SMILES string of the molecule is O=[N+]([O-])c1c(Cl)ccc2onnc12. The van der Waals surface area contributed by atoms with Crippen LogP contribution < -0.4 is 0 Å². The number of benzene rings is 1. The molecule has 0 radical (unpaired) electrons. The molecule has 0 aliphatic rings. The second-order valence-corrected chi connectivity index (χ2v) is 2.68. The van der Waals surface area contributed by atoms with E-state index in [0.29, 0.717) is 0 Å². The second kappa shape index (κ2) is 2.67. The quantitative estimate of drug-likeness (QED) is 0.516. The van der Waals surface area contributed by atoms with Crippen LogP contribution in [-0.2, 0) is 0 Å². The first-order valence-corrected chi connectivity index (χ1v) is 3.63. The summed E-state index contributed by atoms with van der Waals surface area (Å²) >= 11 is 5.60. The van der Waals surface area contributed by atoms with Crippen molar-refractivity contribution in [1.29, 1.82) is 0 Å². The lowest BCUT2D eigenvalue weighted by Crippen LogP contribution is -1.90. The number of hydrogen-bond donors (Lipinski definition) is 0. The van der Waals surface area contributed by atoms with Gasteiger partial charge in [-0.2, -0.15) is 0 Å². The monoisotopic (exact) mass is 199 g/mol. The van der Waals surface area contributed by atoms with E-state index in [1.165, 1.54) is 12.1 Å². The predicted octanol–water partition coefficient (Wildman–Crippen LogP) is 1.78. The zero-order chi connectivity index (χ0) is 9.42. The van der Waals surface area contributed by atoms with Gasteiger partial charge in [-0.25, -0.2) is 0 Å². The Hall–Kier alpha value is -1.69. The van der Waals surface area contributed by atoms with Gasteiger partial charge in [0.2, 0.25) is 5.52 Å². The number of halogens is 1. The minimum absolute atomic E-state index is 0.0215. The minimum Gasteiger partial charge on any atom is -0.337 e. The predicted molar refractivity (Wildman–Crippen MR) is 43.5 cm³/mol. The Morgan fingerprint density at radius 1 is 1.54 bits per heavy atom. The number of nitro benzene ring substituents is 1. The number of hydrogen-bond acceptors (Lipinski definition) is 5. The fourth-order valence-corrected chi connectivity index (χ4v) is 1.21. The van der Waals surface area contributed by atoms with Crippen LogP contribution in [0.1, 0.15) is 0 Å². The summed E-state index contributed by atoms with van der Waals surface area (Å²) in [4.78, 5) is 9.93. The average Bonchev–Trinajstić information content (AvgIpc) is 2.50. The number of rotatable bonds is 1. The molecule has 1 heterocycles. The Morgan fingerprint density at radius 2 is 2.31 bits per heavy atom. The fraction of sp³-hybridized carbons (Fsp3) is 0. The van der Waals surface area contributed by atoms with Crippen LogP contribution in [0.4, 0.5) is 5.69 Å². The van der Waals surface area contributed by atoms with Crippen molar-refractivity contribution in [2.24, 2.45) is 0 Å². The van der Waals surface area contributed by atoms with Gasteiger partial charge < -0.3 is 4.52 Å². The molecule has 0 unspecified atom stereocenters. The second-order valence-electron chi connectivity index (χ2n) is 2.27. The third kappa shape index (κ3) is 1.11. The highest BCUT2D eigenvalue weighted by molar-refractivity contribution is 6.33. The van der Waals surface area contributed by atoms with Crippen molar-refractivity contribution >= 4 is 28.4 Å². The van der Waals surface area contributed by atoms with Crippen LogP contribution in [0.2, 0.25) is 5.02 Å². The lowest BCUT2D eigenvalue weighted by atomic mass is 10.3. The van der Waals surface area contributed by atoms with Crippen LogP contribution in [0, 0.1) is 10.1 Å². The molecule has 0 aliphatic carbocycles. The summed E-state index contributed by atoms with van der Waals surface area (Å²) in [6.07, 6.45) is 0. The van der Waals surface area contributed by atoms with Crippen LogP contribution in [0.5, 0.6) is 0 Å². The molecule has 0 saturated carbocycles. The Bertz CT molecular complexity index is 481. The van der Waals surface area contributed by atoms with Crippen molar-refractivity contribution in [1.82, 2.24) is 10.4 Å². The lowest BCUT2D eigenvalue weighted by molar-refractivity contribution is -0.383. The smallest absolute Gasteiger partial charge is 0.319 e. The van der Waals surface area contributed by atoms with E-state index in [2.05, 4.69) is 14.9 Å². The van der Waals surface area contributed by atoms with Gasteiger partial charge in [-0.15, -0.1) is 5.10 Å². The standard InChI is InChI=1S/C6H2ClN3O3/c7-3-1-2-4-5(8-9-13-4)6(3)10(11)12/h1-2H. The zero-order valence-electron chi connectivity index (χ0n) is 6.10. The third-order valence-electron chi connectivity index (χ3n) is 1.53. The molecule has 2 rings (SSSR count). The Kier molecular flexibility index (Phi) is 1.63. The van der Waals surface area contributed by atoms with Gasteiger partial charge in [-0.1, -0.05) is 11.6 Å². The summed E-state index contributed by atoms with van der Waals surface area (Å²) in [5.41, 5.74) is 0.0361. The lowest BCUT2D eigenvalue weighted by Gasteiger charge is -1.92. The van der Waals surface area contributed by atoms with E-state index < -0.39 is 4.92 Å². The van der Waals surface area contributed by atoms with E-state index >= 15 is 0 Å². The number of aromatic nitrogens is 2. The molecule has 0 saturated heterocycles. The normalized spacial score (nSPS) is 10.5. The van der Waals surface area contributed by atoms with Crippen molar-refractivity contribution in [3.05, 3.63) is 27.3 Å². The van der Waals surface area contributed by atoms with E-state index in [1.807, 2.05) is 0 Å². The Labute approximate surface area is 76.2 Å². The first-order valence-electron chi connectivity index (χ1n) is 3.25. The number of nitro groups is 1. The molecule has 1 aromatic carbocycles. The van der Waals surface area contributed by atoms with Crippen molar-refractivity contribution in [2.45, 2.75) is 0 Å². The minimum atomic E-state index is -0.616. The van der Waals surface area contributed by atoms with Crippen molar-refractivity contribution in [2.75, 3.05) is 0 Å². The molecule has 13 heavy (non-hydrogen) atoms. The zero-order valence-corrected chi connectivity index (χ0v) is 6.85. The molecule has 6 nitrogen and oxygen atoms in total. The molecule has 1 aromatic heterocycles. The van der Waals surface area contributed by atoms with E-state index in [9.17, 15) is 10.1 Å². The molecule has 7 heteroatoms. The summed E-state index contributed by atoms with van der Waals surface area (Å²) in [6.45, 7) is 0. The van der Waals surface area contributed by atoms with Crippen molar-refractivity contribution in [3.8, 4) is 0 Å². The first-order chi connectivity index (χ1) is 6.20. The van der Waals surface area contributed by atoms with Crippen LogP contribution in [0.25, 0.3) is 11.1 Å². The largest absolute Gasteiger partial charge is 0.337 e. The average molecular weight is 200 g/mol. The molecule has 66 valence electrons. The molecular weight excluding hydrogens is 198 g/mol. The highest BCUT2D eigenvalue weighted by Gasteiger charge is 2.20. The summed E-state index contributed by atoms with van der Waals surface area (Å²) in [7, 11) is 0. The molecule has 0 N–H and O–H groups in total. The van der Waals surface area contributed by atoms with Crippen molar-refractivity contribution < 1.29 is 9.45 Å². The maximum Gasteiger partial charge on any atom is 0.319 e. The molecule has 2 aromatic rings. The van der Waals surface area contributed by atoms with Gasteiger partial charge in [0.25, 0.3) is 0 Å². The highest BCUT2D eigenvalue weighted by Crippen LogP contribution is 2.30. The van der Waals surface area contributed by atoms with Gasteiger partial charge in [0.15, 0.2) is 5.58 Å². The van der Waals surface area contributed by atoms with E-state index in [4.69, 9.17) is 11.6 Å². The molecule has 0 bridgehead atoms. The van der Waals surface area contributed by atoms with Crippen LogP contribution in [0.15, 0.2) is 16.7 Å². The summed E-state index contributed by atoms with van der Waals surface area (Å²) < 4.78 is 4.64. The van der Waals surface area contributed by atoms with Gasteiger partial charge in [-0.3, -0.25) is 10.1 Å². The maximum absolute atomic E-state index is 10.5. The molecule has 0 amide bonds. The molecule has 0 spiro atoms. The van der Waals surface area contributed by atoms with Crippen molar-refractivity contribution in [3.63, 3.8) is 0 Å². The highest BCUT2D eigenvalue weighted by atomic mass is 35.5. The van der Waals surface area contributed by atoms with Gasteiger partial charge in [0.05, 0.1) is 4.92 Å². The third-order valence-corrected chi connectivity index (χ3v) is 1.83.